The smallest absolute Gasteiger partial charge is 0.346 e. The molecule has 0 radical (unpaired) electrons. The summed E-state index contributed by atoms with van der Waals surface area (Å²) in [4.78, 5) is 17.2. The molecule has 8 N–H and O–H groups in total. The third kappa shape index (κ3) is 2.60. The quantitative estimate of drug-likeness (QED) is 0.197. The molecule has 3 aliphatic rings. The van der Waals surface area contributed by atoms with Crippen LogP contribution >= 0.6 is 23.2 Å². The summed E-state index contributed by atoms with van der Waals surface area (Å²) in [6, 6.07) is 2.73. The van der Waals surface area contributed by atoms with Crippen LogP contribution in [0.15, 0.2) is 23.2 Å². The van der Waals surface area contributed by atoms with Gasteiger partial charge in [-0.25, -0.2) is 14.4 Å². The number of hydrogen-bond donors (Lipinski definition) is 6. The van der Waals surface area contributed by atoms with Gasteiger partial charge in [0.2, 0.25) is 5.66 Å². The lowest BCUT2D eigenvalue weighted by atomic mass is 9.85. The summed E-state index contributed by atoms with van der Waals surface area (Å²) in [6.07, 6.45) is -0.820. The van der Waals surface area contributed by atoms with E-state index < -0.39 is 35.6 Å². The lowest BCUT2D eigenvalue weighted by Crippen LogP contribution is -2.78. The molecule has 10 nitrogen and oxygen atoms in total. The number of ether oxygens (including phenoxy) is 1. The summed E-state index contributed by atoms with van der Waals surface area (Å²) in [5, 5.41) is 28.9. The summed E-state index contributed by atoms with van der Waals surface area (Å²) < 4.78 is 7.07. The number of nitrogens with two attached hydrogens (primary N) is 2. The Morgan fingerprint density at radius 3 is 2.73 bits per heavy atom. The summed E-state index contributed by atoms with van der Waals surface area (Å²) >= 11 is 12.1. The third-order valence-corrected chi connectivity index (χ3v) is 6.85. The van der Waals surface area contributed by atoms with E-state index in [0.717, 1.165) is 0 Å². The number of nitrogens with one attached hydrogen (secondary N) is 2. The number of aliphatic imine (C=N–C) groups is 1. The molecule has 1 spiro atoms. The van der Waals surface area contributed by atoms with Crippen molar-refractivity contribution in [2.24, 2.45) is 16.5 Å². The van der Waals surface area contributed by atoms with Crippen LogP contribution in [0.1, 0.15) is 30.6 Å². The van der Waals surface area contributed by atoms with Crippen molar-refractivity contribution in [1.29, 1.82) is 0 Å². The van der Waals surface area contributed by atoms with E-state index in [1.165, 1.54) is 16.7 Å². The van der Waals surface area contributed by atoms with Crippen LogP contribution in [-0.2, 0) is 4.74 Å². The number of guanidine groups is 2. The second-order valence-electron chi connectivity index (χ2n) is 7.66. The Kier molecular flexibility index (Phi) is 4.81. The van der Waals surface area contributed by atoms with E-state index in [-0.39, 0.29) is 33.6 Å². The minimum absolute atomic E-state index is 0.00254. The molecule has 1 fully saturated rings. The zero-order valence-corrected chi connectivity index (χ0v) is 17.8. The Hall–Kier alpha value is -2.27. The van der Waals surface area contributed by atoms with Crippen molar-refractivity contribution in [2.75, 3.05) is 0 Å². The number of aliphatic hydroxyl groups is 2. The minimum atomic E-state index is -2.59. The van der Waals surface area contributed by atoms with Gasteiger partial charge in [-0.05, 0) is 25.5 Å². The van der Waals surface area contributed by atoms with Crippen molar-refractivity contribution in [1.82, 2.24) is 10.6 Å². The van der Waals surface area contributed by atoms with Crippen molar-refractivity contribution >= 4 is 41.1 Å². The van der Waals surface area contributed by atoms with Crippen LogP contribution in [0, 0.1) is 0 Å². The van der Waals surface area contributed by atoms with Gasteiger partial charge in [-0.1, -0.05) is 36.2 Å². The van der Waals surface area contributed by atoms with Crippen LogP contribution in [-0.4, -0.2) is 68.4 Å². The number of rotatable bonds is 3. The Morgan fingerprint density at radius 1 is 1.37 bits per heavy atom. The molecule has 1 saturated heterocycles. The average Bonchev–Trinajstić information content (AvgIpc) is 3.11. The number of halogens is 2. The van der Waals surface area contributed by atoms with E-state index in [4.69, 9.17) is 39.4 Å². The lowest BCUT2D eigenvalue weighted by molar-refractivity contribution is -0.646. The van der Waals surface area contributed by atoms with E-state index in [2.05, 4.69) is 15.6 Å². The Balaban J connectivity index is 1.77. The van der Waals surface area contributed by atoms with Gasteiger partial charge < -0.3 is 26.0 Å². The first-order valence-electron chi connectivity index (χ1n) is 9.45. The van der Waals surface area contributed by atoms with Crippen LogP contribution in [0.2, 0.25) is 10.0 Å². The zero-order valence-electron chi connectivity index (χ0n) is 16.3. The van der Waals surface area contributed by atoms with E-state index in [9.17, 15) is 15.0 Å². The van der Waals surface area contributed by atoms with Crippen LogP contribution < -0.4 is 22.1 Å². The first kappa shape index (κ1) is 21.0. The van der Waals surface area contributed by atoms with Gasteiger partial charge in [0, 0.05) is 0 Å². The lowest BCUT2D eigenvalue weighted by Gasteiger charge is -2.43. The summed E-state index contributed by atoms with van der Waals surface area (Å²) in [5.74, 6) is -3.23. The highest BCUT2D eigenvalue weighted by atomic mass is 35.5. The second kappa shape index (κ2) is 6.88. The molecule has 30 heavy (non-hydrogen) atoms. The molecule has 3 aliphatic heterocycles. The molecule has 3 heterocycles. The standard InChI is InChI=1S/C18H22Cl2N6O4/c1-3-10-12-17(25-15(21)24-12)18(28,29)13(7(2)26(17)16(22)23-10)30-14(27)8-5-4-6-9(19)11(8)20/h4-7,10,12-13,28-29H,3H2,1-2H3,(H5,21,22,23,24,25)/p+1/t7-,10-,12-,13-,17-/m0/s1. The fourth-order valence-electron chi connectivity index (χ4n) is 4.72. The Labute approximate surface area is 182 Å². The number of nitrogens with zero attached hydrogens (tertiary/aromatic N) is 2. The van der Waals surface area contributed by atoms with Crippen LogP contribution in [0.3, 0.4) is 0 Å². The second-order valence-corrected chi connectivity index (χ2v) is 8.44. The molecular weight excluding hydrogens is 435 g/mol. The average molecular weight is 458 g/mol. The van der Waals surface area contributed by atoms with Gasteiger partial charge >= 0.3 is 11.9 Å². The van der Waals surface area contributed by atoms with Crippen molar-refractivity contribution in [3.8, 4) is 0 Å². The van der Waals surface area contributed by atoms with Gasteiger partial charge in [0.25, 0.3) is 5.79 Å². The number of carbonyl (C=O) groups excluding carboxylic acids is 1. The largest absolute Gasteiger partial charge is 0.449 e. The van der Waals surface area contributed by atoms with Gasteiger partial charge in [0.15, 0.2) is 12.1 Å². The predicted molar refractivity (Wildman–Crippen MR) is 110 cm³/mol. The molecule has 0 bridgehead atoms. The molecule has 0 aromatic heterocycles. The SMILES string of the molecule is CC[C@@H]1NC(N)=[N+]2[C@@H](C)[C@H](OC(=O)c3cccc(Cl)c3Cl)C(O)(O)[C@@]23NC(N)=N[C@@H]13. The topological polar surface area (TPSA) is 158 Å². The first-order valence-corrected chi connectivity index (χ1v) is 10.2. The number of hydrogen-bond acceptors (Lipinski definition) is 9. The molecule has 12 heteroatoms. The van der Waals surface area contributed by atoms with Crippen LogP contribution in [0.5, 0.6) is 0 Å². The molecule has 162 valence electrons. The zero-order chi connectivity index (χ0) is 22.0. The third-order valence-electron chi connectivity index (χ3n) is 6.03. The predicted octanol–water partition coefficient (Wildman–Crippen LogP) is -0.706. The number of esters is 1. The van der Waals surface area contributed by atoms with Crippen LogP contribution in [0.25, 0.3) is 0 Å². The van der Waals surface area contributed by atoms with Crippen molar-refractivity contribution in [3.63, 3.8) is 0 Å². The summed E-state index contributed by atoms with van der Waals surface area (Å²) in [7, 11) is 0. The highest BCUT2D eigenvalue weighted by molar-refractivity contribution is 6.43. The molecular formula is C18H23Cl2N6O4+. The molecule has 0 unspecified atom stereocenters. The maximum absolute atomic E-state index is 12.8. The van der Waals surface area contributed by atoms with E-state index in [1.807, 2.05) is 6.92 Å². The summed E-state index contributed by atoms with van der Waals surface area (Å²) in [5.41, 5.74) is 10.5. The molecule has 5 atom stereocenters. The van der Waals surface area contributed by atoms with Gasteiger partial charge in [0.05, 0.1) is 15.6 Å². The maximum atomic E-state index is 12.8. The molecule has 0 aliphatic carbocycles. The van der Waals surface area contributed by atoms with Gasteiger partial charge in [-0.3, -0.25) is 11.1 Å². The minimum Gasteiger partial charge on any atom is -0.449 e. The molecule has 0 amide bonds. The summed E-state index contributed by atoms with van der Waals surface area (Å²) in [6.45, 7) is 3.56. The van der Waals surface area contributed by atoms with Gasteiger partial charge in [0.1, 0.15) is 18.1 Å². The molecule has 1 aromatic carbocycles. The highest BCUT2D eigenvalue weighted by Gasteiger charge is 2.78. The number of carbonyl (C=O) groups is 1. The van der Waals surface area contributed by atoms with E-state index in [0.29, 0.717) is 6.42 Å². The highest BCUT2D eigenvalue weighted by Crippen LogP contribution is 2.46. The van der Waals surface area contributed by atoms with Crippen molar-refractivity contribution in [2.45, 2.75) is 55.9 Å². The fraction of sp³-hybridized carbons (Fsp3) is 0.500. The van der Waals surface area contributed by atoms with Gasteiger partial charge in [-0.15, -0.1) is 0 Å². The molecule has 1 aromatic rings. The fourth-order valence-corrected chi connectivity index (χ4v) is 5.10. The Morgan fingerprint density at radius 2 is 2.07 bits per heavy atom. The van der Waals surface area contributed by atoms with E-state index >= 15 is 0 Å². The monoisotopic (exact) mass is 457 g/mol. The number of benzene rings is 1. The maximum Gasteiger partial charge on any atom is 0.346 e. The van der Waals surface area contributed by atoms with Gasteiger partial charge in [-0.2, -0.15) is 0 Å². The molecule has 4 rings (SSSR count). The van der Waals surface area contributed by atoms with Crippen molar-refractivity contribution < 1.29 is 24.3 Å². The van der Waals surface area contributed by atoms with E-state index in [1.54, 1.807) is 13.0 Å². The van der Waals surface area contributed by atoms with Crippen LogP contribution in [0.4, 0.5) is 0 Å². The Bertz CT molecular complexity index is 983. The normalized spacial score (nSPS) is 33.9. The first-order chi connectivity index (χ1) is 14.1. The molecule has 0 saturated carbocycles. The van der Waals surface area contributed by atoms with Crippen molar-refractivity contribution in [3.05, 3.63) is 33.8 Å².